The van der Waals surface area contributed by atoms with Gasteiger partial charge in [-0.05, 0) is 36.6 Å². The Kier molecular flexibility index (Phi) is 4.44. The minimum absolute atomic E-state index is 0.333. The molecule has 1 aromatic carbocycles. The molecule has 0 bridgehead atoms. The molecular weight excluding hydrogens is 228 g/mol. The zero-order chi connectivity index (χ0) is 13.0. The fourth-order valence-corrected chi connectivity index (χ4v) is 2.09. The minimum atomic E-state index is 0.333. The summed E-state index contributed by atoms with van der Waals surface area (Å²) in [5.41, 5.74) is 6.98. The lowest BCUT2D eigenvalue weighted by Gasteiger charge is -2.20. The van der Waals surface area contributed by atoms with Gasteiger partial charge in [0.1, 0.15) is 0 Å². The molecule has 1 heterocycles. The minimum Gasteiger partial charge on any atom is -0.454 e. The molecule has 0 saturated carbocycles. The van der Waals surface area contributed by atoms with Crippen LogP contribution in [0.3, 0.4) is 0 Å². The molecule has 1 aromatic rings. The van der Waals surface area contributed by atoms with Crippen LogP contribution < -0.4 is 20.5 Å². The fourth-order valence-electron chi connectivity index (χ4n) is 2.09. The van der Waals surface area contributed by atoms with Crippen molar-refractivity contribution in [3.05, 3.63) is 23.8 Å². The third-order valence-electron chi connectivity index (χ3n) is 3.32. The van der Waals surface area contributed by atoms with Gasteiger partial charge in [0, 0.05) is 12.6 Å². The number of benzene rings is 1. The number of nitrogens with two attached hydrogens (primary N) is 1. The molecule has 0 spiro atoms. The monoisotopic (exact) mass is 250 g/mol. The fraction of sp³-hybridized carbons (Fsp3) is 0.571. The third-order valence-corrected chi connectivity index (χ3v) is 3.32. The van der Waals surface area contributed by atoms with Gasteiger partial charge in [-0.25, -0.2) is 0 Å². The van der Waals surface area contributed by atoms with Gasteiger partial charge in [0.2, 0.25) is 6.79 Å². The smallest absolute Gasteiger partial charge is 0.231 e. The Labute approximate surface area is 108 Å². The molecule has 0 radical (unpaired) electrons. The quantitative estimate of drug-likeness (QED) is 0.804. The number of nitrogens with one attached hydrogen (secondary N) is 1. The van der Waals surface area contributed by atoms with Crippen LogP contribution in [0, 0.1) is 5.92 Å². The molecule has 0 fully saturated rings. The molecule has 0 amide bonds. The predicted molar refractivity (Wildman–Crippen MR) is 72.0 cm³/mol. The second-order valence-electron chi connectivity index (χ2n) is 4.98. The standard InChI is InChI=1S/C14H22N2O2/c1-10(2)12(8-15)16-6-5-11-3-4-13-14(7-11)18-9-17-13/h3-4,7,10,12,16H,5-6,8-9,15H2,1-2H3. The average Bonchev–Trinajstić information content (AvgIpc) is 2.81. The van der Waals surface area contributed by atoms with Crippen molar-refractivity contribution >= 4 is 0 Å². The van der Waals surface area contributed by atoms with E-state index in [1.807, 2.05) is 6.07 Å². The zero-order valence-corrected chi connectivity index (χ0v) is 11.1. The van der Waals surface area contributed by atoms with Gasteiger partial charge >= 0.3 is 0 Å². The molecular formula is C14H22N2O2. The maximum Gasteiger partial charge on any atom is 0.231 e. The van der Waals surface area contributed by atoms with Crippen molar-refractivity contribution in [2.75, 3.05) is 19.9 Å². The normalized spacial score (nSPS) is 15.1. The Morgan fingerprint density at radius 2 is 2.06 bits per heavy atom. The Hall–Kier alpha value is -1.26. The van der Waals surface area contributed by atoms with Crippen molar-refractivity contribution in [3.63, 3.8) is 0 Å². The first kappa shape index (κ1) is 13.2. The summed E-state index contributed by atoms with van der Waals surface area (Å²) in [4.78, 5) is 0. The maximum atomic E-state index is 5.73. The van der Waals surface area contributed by atoms with Gasteiger partial charge in [0.15, 0.2) is 11.5 Å². The highest BCUT2D eigenvalue weighted by atomic mass is 16.7. The van der Waals surface area contributed by atoms with Crippen molar-refractivity contribution in [2.24, 2.45) is 11.7 Å². The van der Waals surface area contributed by atoms with Crippen LogP contribution in [0.2, 0.25) is 0 Å². The summed E-state index contributed by atoms with van der Waals surface area (Å²) in [6, 6.07) is 6.50. The van der Waals surface area contributed by atoms with E-state index in [0.717, 1.165) is 24.5 Å². The number of ether oxygens (including phenoxy) is 2. The van der Waals surface area contributed by atoms with E-state index in [9.17, 15) is 0 Å². The van der Waals surface area contributed by atoms with Crippen LogP contribution in [0.4, 0.5) is 0 Å². The van der Waals surface area contributed by atoms with Crippen LogP contribution >= 0.6 is 0 Å². The second kappa shape index (κ2) is 6.07. The van der Waals surface area contributed by atoms with Crippen LogP contribution in [0.5, 0.6) is 11.5 Å². The van der Waals surface area contributed by atoms with Crippen LogP contribution in [0.25, 0.3) is 0 Å². The van der Waals surface area contributed by atoms with E-state index in [4.69, 9.17) is 15.2 Å². The van der Waals surface area contributed by atoms with Crippen LogP contribution in [0.15, 0.2) is 18.2 Å². The van der Waals surface area contributed by atoms with Gasteiger partial charge in [0.25, 0.3) is 0 Å². The summed E-state index contributed by atoms with van der Waals surface area (Å²) in [5, 5.41) is 3.49. The highest BCUT2D eigenvalue weighted by Gasteiger charge is 2.13. The van der Waals surface area contributed by atoms with E-state index < -0.39 is 0 Å². The second-order valence-corrected chi connectivity index (χ2v) is 4.98. The number of hydrogen-bond donors (Lipinski definition) is 2. The Morgan fingerprint density at radius 1 is 1.28 bits per heavy atom. The first-order valence-corrected chi connectivity index (χ1v) is 6.52. The summed E-state index contributed by atoms with van der Waals surface area (Å²) in [7, 11) is 0. The molecule has 0 aliphatic carbocycles. The topological polar surface area (TPSA) is 56.5 Å². The lowest BCUT2D eigenvalue weighted by molar-refractivity contribution is 0.174. The molecule has 2 rings (SSSR count). The SMILES string of the molecule is CC(C)C(CN)NCCc1ccc2c(c1)OCO2. The molecule has 1 atom stereocenters. The van der Waals surface area contributed by atoms with Crippen LogP contribution in [-0.4, -0.2) is 25.9 Å². The van der Waals surface area contributed by atoms with E-state index in [-0.39, 0.29) is 0 Å². The predicted octanol–water partition coefficient (Wildman–Crippen LogP) is 1.53. The lowest BCUT2D eigenvalue weighted by atomic mass is 10.0. The molecule has 0 aromatic heterocycles. The van der Waals surface area contributed by atoms with Crippen molar-refractivity contribution < 1.29 is 9.47 Å². The summed E-state index contributed by atoms with van der Waals surface area (Å²) in [6.45, 7) is 6.31. The molecule has 100 valence electrons. The van der Waals surface area contributed by atoms with Gasteiger partial charge in [-0.1, -0.05) is 19.9 Å². The number of rotatable bonds is 6. The van der Waals surface area contributed by atoms with E-state index in [0.29, 0.717) is 25.3 Å². The molecule has 1 aliphatic heterocycles. The van der Waals surface area contributed by atoms with Crippen LogP contribution in [-0.2, 0) is 6.42 Å². The molecule has 4 heteroatoms. The Bertz CT molecular complexity index is 393. The molecule has 0 saturated heterocycles. The summed E-state index contributed by atoms with van der Waals surface area (Å²) in [6.07, 6.45) is 0.972. The number of hydrogen-bond acceptors (Lipinski definition) is 4. The van der Waals surface area contributed by atoms with Crippen molar-refractivity contribution in [1.82, 2.24) is 5.32 Å². The third kappa shape index (κ3) is 3.15. The lowest BCUT2D eigenvalue weighted by Crippen LogP contribution is -2.41. The Balaban J connectivity index is 1.83. The highest BCUT2D eigenvalue weighted by Crippen LogP contribution is 2.32. The molecule has 18 heavy (non-hydrogen) atoms. The van der Waals surface area contributed by atoms with Gasteiger partial charge < -0.3 is 20.5 Å². The van der Waals surface area contributed by atoms with E-state index in [1.54, 1.807) is 0 Å². The van der Waals surface area contributed by atoms with E-state index in [1.165, 1.54) is 5.56 Å². The Morgan fingerprint density at radius 3 is 2.78 bits per heavy atom. The largest absolute Gasteiger partial charge is 0.454 e. The molecule has 1 aliphatic rings. The first-order chi connectivity index (χ1) is 8.70. The first-order valence-electron chi connectivity index (χ1n) is 6.52. The average molecular weight is 250 g/mol. The summed E-state index contributed by atoms with van der Waals surface area (Å²) >= 11 is 0. The van der Waals surface area contributed by atoms with Crippen molar-refractivity contribution in [3.8, 4) is 11.5 Å². The van der Waals surface area contributed by atoms with E-state index >= 15 is 0 Å². The van der Waals surface area contributed by atoms with Crippen molar-refractivity contribution in [1.29, 1.82) is 0 Å². The molecule has 4 nitrogen and oxygen atoms in total. The zero-order valence-electron chi connectivity index (χ0n) is 11.1. The summed E-state index contributed by atoms with van der Waals surface area (Å²) in [5.74, 6) is 2.26. The van der Waals surface area contributed by atoms with Gasteiger partial charge in [-0.15, -0.1) is 0 Å². The molecule has 1 unspecified atom stereocenters. The van der Waals surface area contributed by atoms with Crippen molar-refractivity contribution in [2.45, 2.75) is 26.3 Å². The van der Waals surface area contributed by atoms with Gasteiger partial charge in [-0.3, -0.25) is 0 Å². The van der Waals surface area contributed by atoms with Crippen LogP contribution in [0.1, 0.15) is 19.4 Å². The maximum absolute atomic E-state index is 5.73. The highest BCUT2D eigenvalue weighted by molar-refractivity contribution is 5.44. The summed E-state index contributed by atoms with van der Waals surface area (Å²) < 4.78 is 10.7. The van der Waals surface area contributed by atoms with E-state index in [2.05, 4.69) is 31.3 Å². The van der Waals surface area contributed by atoms with Gasteiger partial charge in [-0.2, -0.15) is 0 Å². The number of fused-ring (bicyclic) bond motifs is 1. The molecule has 3 N–H and O–H groups in total. The van der Waals surface area contributed by atoms with Gasteiger partial charge in [0.05, 0.1) is 0 Å².